The number of phenols is 1. The summed E-state index contributed by atoms with van der Waals surface area (Å²) in [6, 6.07) is 7.94. The molecule has 0 aliphatic rings. The number of benzene rings is 2. The number of anilines is 1. The van der Waals surface area contributed by atoms with Gasteiger partial charge in [-0.3, -0.25) is 4.79 Å². The van der Waals surface area contributed by atoms with E-state index in [0.717, 1.165) is 5.56 Å². The molecule has 2 rings (SSSR count). The topological polar surface area (TPSA) is 49.3 Å². The molecule has 20 heavy (non-hydrogen) atoms. The third kappa shape index (κ3) is 3.18. The number of amides is 1. The molecule has 0 aromatic heterocycles. The minimum absolute atomic E-state index is 0.0582. The van der Waals surface area contributed by atoms with E-state index in [2.05, 4.69) is 5.32 Å². The first kappa shape index (κ1) is 15.0. The first-order valence-corrected chi connectivity index (χ1v) is 6.77. The first-order chi connectivity index (χ1) is 9.38. The van der Waals surface area contributed by atoms with Crippen molar-refractivity contribution >= 4 is 46.4 Å². The van der Waals surface area contributed by atoms with Crippen molar-refractivity contribution < 1.29 is 9.90 Å². The fourth-order valence-corrected chi connectivity index (χ4v) is 2.45. The molecule has 0 aliphatic heterocycles. The zero-order chi connectivity index (χ0) is 14.9. The lowest BCUT2D eigenvalue weighted by Crippen LogP contribution is -2.12. The summed E-state index contributed by atoms with van der Waals surface area (Å²) in [6.45, 7) is 1.88. The maximum atomic E-state index is 12.1. The van der Waals surface area contributed by atoms with Crippen molar-refractivity contribution in [3.63, 3.8) is 0 Å². The van der Waals surface area contributed by atoms with Crippen LogP contribution in [-0.2, 0) is 0 Å². The van der Waals surface area contributed by atoms with Gasteiger partial charge in [0.2, 0.25) is 0 Å². The summed E-state index contributed by atoms with van der Waals surface area (Å²) in [5, 5.41) is 12.6. The number of phenolic OH excluding ortho intramolecular Hbond substituents is 1. The Morgan fingerprint density at radius 2 is 1.65 bits per heavy atom. The van der Waals surface area contributed by atoms with E-state index < -0.39 is 0 Å². The average molecular weight is 331 g/mol. The van der Waals surface area contributed by atoms with Gasteiger partial charge in [0.05, 0.1) is 20.6 Å². The molecule has 0 saturated heterocycles. The largest absolute Gasteiger partial charge is 0.505 e. The molecule has 0 aliphatic carbocycles. The molecule has 0 spiro atoms. The van der Waals surface area contributed by atoms with E-state index in [1.165, 1.54) is 12.1 Å². The summed E-state index contributed by atoms with van der Waals surface area (Å²) in [6.07, 6.45) is 0. The highest BCUT2D eigenvalue weighted by Crippen LogP contribution is 2.34. The Labute approximate surface area is 131 Å². The molecule has 104 valence electrons. The van der Waals surface area contributed by atoms with Crippen LogP contribution in [0, 0.1) is 6.92 Å². The Kier molecular flexibility index (Phi) is 4.43. The Hall–Kier alpha value is -1.42. The quantitative estimate of drug-likeness (QED) is 0.768. The van der Waals surface area contributed by atoms with Crippen LogP contribution < -0.4 is 5.32 Å². The van der Waals surface area contributed by atoms with Gasteiger partial charge < -0.3 is 10.4 Å². The van der Waals surface area contributed by atoms with Crippen LogP contribution in [0.2, 0.25) is 15.1 Å². The van der Waals surface area contributed by atoms with Crippen molar-refractivity contribution in [1.82, 2.24) is 0 Å². The standard InChI is InChI=1S/C14H10Cl3NO2/c1-7-2-3-9(10(15)4-7)14(20)18-8-5-11(16)13(19)12(17)6-8/h2-6,19H,1H3,(H,18,20). The van der Waals surface area contributed by atoms with Crippen molar-refractivity contribution in [3.05, 3.63) is 56.5 Å². The lowest BCUT2D eigenvalue weighted by Gasteiger charge is -2.09. The van der Waals surface area contributed by atoms with E-state index >= 15 is 0 Å². The Morgan fingerprint density at radius 1 is 1.05 bits per heavy atom. The predicted molar refractivity (Wildman–Crippen MR) is 82.3 cm³/mol. The number of aromatic hydroxyl groups is 1. The summed E-state index contributed by atoms with van der Waals surface area (Å²) in [5.41, 5.74) is 1.68. The van der Waals surface area contributed by atoms with Crippen LogP contribution in [0.1, 0.15) is 15.9 Å². The molecular weight excluding hydrogens is 321 g/mol. The van der Waals surface area contributed by atoms with Gasteiger partial charge in [-0.2, -0.15) is 0 Å². The molecule has 0 bridgehead atoms. The molecule has 2 N–H and O–H groups in total. The van der Waals surface area contributed by atoms with Gasteiger partial charge in [-0.15, -0.1) is 0 Å². The maximum absolute atomic E-state index is 12.1. The monoisotopic (exact) mass is 329 g/mol. The third-order valence-corrected chi connectivity index (χ3v) is 3.53. The molecule has 0 saturated carbocycles. The van der Waals surface area contributed by atoms with E-state index in [1.54, 1.807) is 18.2 Å². The van der Waals surface area contributed by atoms with Crippen molar-refractivity contribution in [2.75, 3.05) is 5.32 Å². The second-order valence-electron chi connectivity index (χ2n) is 4.23. The van der Waals surface area contributed by atoms with Gasteiger partial charge in [-0.25, -0.2) is 0 Å². The van der Waals surface area contributed by atoms with E-state index in [4.69, 9.17) is 34.8 Å². The number of hydrogen-bond donors (Lipinski definition) is 2. The second-order valence-corrected chi connectivity index (χ2v) is 5.45. The van der Waals surface area contributed by atoms with Crippen molar-refractivity contribution in [2.24, 2.45) is 0 Å². The number of halogens is 3. The van der Waals surface area contributed by atoms with Crippen LogP contribution in [0.25, 0.3) is 0 Å². The van der Waals surface area contributed by atoms with Crippen LogP contribution >= 0.6 is 34.8 Å². The summed E-state index contributed by atoms with van der Waals surface area (Å²) < 4.78 is 0. The molecule has 0 atom stereocenters. The molecule has 6 heteroatoms. The fraction of sp³-hybridized carbons (Fsp3) is 0.0714. The molecule has 0 fully saturated rings. The lowest BCUT2D eigenvalue weighted by molar-refractivity contribution is 0.102. The smallest absolute Gasteiger partial charge is 0.257 e. The highest BCUT2D eigenvalue weighted by molar-refractivity contribution is 6.38. The highest BCUT2D eigenvalue weighted by atomic mass is 35.5. The summed E-state index contributed by atoms with van der Waals surface area (Å²) in [7, 11) is 0. The number of aryl methyl sites for hydroxylation is 1. The maximum Gasteiger partial charge on any atom is 0.257 e. The minimum Gasteiger partial charge on any atom is -0.505 e. The van der Waals surface area contributed by atoms with Gasteiger partial charge in [0.25, 0.3) is 5.91 Å². The van der Waals surface area contributed by atoms with Crippen molar-refractivity contribution in [3.8, 4) is 5.75 Å². The zero-order valence-corrected chi connectivity index (χ0v) is 12.6. The zero-order valence-electron chi connectivity index (χ0n) is 10.4. The Balaban J connectivity index is 2.28. The molecule has 3 nitrogen and oxygen atoms in total. The van der Waals surface area contributed by atoms with Crippen LogP contribution in [0.15, 0.2) is 30.3 Å². The van der Waals surface area contributed by atoms with Crippen LogP contribution in [0.5, 0.6) is 5.75 Å². The van der Waals surface area contributed by atoms with E-state index in [0.29, 0.717) is 16.3 Å². The van der Waals surface area contributed by atoms with E-state index in [-0.39, 0.29) is 21.7 Å². The molecule has 2 aromatic rings. The number of carbonyl (C=O) groups is 1. The lowest BCUT2D eigenvalue weighted by atomic mass is 10.1. The van der Waals surface area contributed by atoms with Crippen LogP contribution in [0.3, 0.4) is 0 Å². The Morgan fingerprint density at radius 3 is 2.20 bits per heavy atom. The predicted octanol–water partition coefficient (Wildman–Crippen LogP) is 4.91. The SMILES string of the molecule is Cc1ccc(C(=O)Nc2cc(Cl)c(O)c(Cl)c2)c(Cl)c1. The summed E-state index contributed by atoms with van der Waals surface area (Å²) >= 11 is 17.6. The van der Waals surface area contributed by atoms with Crippen LogP contribution in [0.4, 0.5) is 5.69 Å². The van der Waals surface area contributed by atoms with Gasteiger partial charge in [0, 0.05) is 5.69 Å². The number of carbonyl (C=O) groups excluding carboxylic acids is 1. The normalized spacial score (nSPS) is 10.4. The van der Waals surface area contributed by atoms with Gasteiger partial charge in [0.1, 0.15) is 0 Å². The fourth-order valence-electron chi connectivity index (χ4n) is 1.64. The summed E-state index contributed by atoms with van der Waals surface area (Å²) in [5.74, 6) is -0.604. The third-order valence-electron chi connectivity index (χ3n) is 2.64. The summed E-state index contributed by atoms with van der Waals surface area (Å²) in [4.78, 5) is 12.1. The minimum atomic E-state index is -0.382. The molecule has 0 radical (unpaired) electrons. The first-order valence-electron chi connectivity index (χ1n) is 5.64. The van der Waals surface area contributed by atoms with Crippen molar-refractivity contribution in [2.45, 2.75) is 6.92 Å². The molecule has 0 unspecified atom stereocenters. The molecule has 0 heterocycles. The number of hydrogen-bond acceptors (Lipinski definition) is 2. The second kappa shape index (κ2) is 5.92. The van der Waals surface area contributed by atoms with E-state index in [1.807, 2.05) is 6.92 Å². The highest BCUT2D eigenvalue weighted by Gasteiger charge is 2.13. The molecule has 2 aromatic carbocycles. The molecular formula is C14H10Cl3NO2. The van der Waals surface area contributed by atoms with Crippen LogP contribution in [-0.4, -0.2) is 11.0 Å². The Bertz CT molecular complexity index is 663. The average Bonchev–Trinajstić information content (AvgIpc) is 2.35. The number of nitrogens with one attached hydrogen (secondary N) is 1. The van der Waals surface area contributed by atoms with Gasteiger partial charge >= 0.3 is 0 Å². The number of rotatable bonds is 2. The van der Waals surface area contributed by atoms with Gasteiger partial charge in [-0.1, -0.05) is 40.9 Å². The van der Waals surface area contributed by atoms with E-state index in [9.17, 15) is 9.90 Å². The van der Waals surface area contributed by atoms with Gasteiger partial charge in [-0.05, 0) is 36.8 Å². The van der Waals surface area contributed by atoms with Gasteiger partial charge in [0.15, 0.2) is 5.75 Å². The van der Waals surface area contributed by atoms with Crippen molar-refractivity contribution in [1.29, 1.82) is 0 Å². The molecule has 1 amide bonds.